The molecule has 0 bridgehead atoms. The van der Waals surface area contributed by atoms with E-state index in [1.807, 2.05) is 32.0 Å². The molecule has 0 radical (unpaired) electrons. The Morgan fingerprint density at radius 1 is 1.11 bits per heavy atom. The minimum Gasteiger partial charge on any atom is -0.482 e. The first-order valence-electron chi connectivity index (χ1n) is 5.58. The molecule has 1 aromatic carbocycles. The molecule has 0 aliphatic heterocycles. The van der Waals surface area contributed by atoms with Crippen molar-refractivity contribution in [3.05, 3.63) is 29.3 Å². The highest BCUT2D eigenvalue weighted by Crippen LogP contribution is 2.15. The molecule has 0 saturated heterocycles. The number of likely N-dealkylation sites (N-methyl/N-ethyl adjacent to an activating group) is 1. The molecule has 1 amide bonds. The van der Waals surface area contributed by atoms with Crippen LogP contribution in [0.1, 0.15) is 11.1 Å². The number of nitrogens with one attached hydrogen (secondary N) is 1. The molecule has 1 aromatic rings. The van der Waals surface area contributed by atoms with E-state index in [4.69, 9.17) is 9.47 Å². The average Bonchev–Trinajstić information content (AvgIpc) is 2.32. The smallest absolute Gasteiger partial charge is 0.344 e. The van der Waals surface area contributed by atoms with E-state index in [0.717, 1.165) is 11.1 Å². The van der Waals surface area contributed by atoms with Gasteiger partial charge in [-0.25, -0.2) is 4.79 Å². The molecule has 0 heterocycles. The molecule has 1 rings (SSSR count). The third-order valence-electron chi connectivity index (χ3n) is 2.19. The Labute approximate surface area is 106 Å². The topological polar surface area (TPSA) is 64.6 Å². The van der Waals surface area contributed by atoms with Crippen LogP contribution in [0.4, 0.5) is 0 Å². The zero-order valence-corrected chi connectivity index (χ0v) is 10.8. The zero-order valence-electron chi connectivity index (χ0n) is 10.8. The minimum atomic E-state index is -0.572. The number of hydrogen-bond acceptors (Lipinski definition) is 4. The summed E-state index contributed by atoms with van der Waals surface area (Å²) in [6.45, 7) is 3.40. The summed E-state index contributed by atoms with van der Waals surface area (Å²) in [6.07, 6.45) is 0. The first-order chi connectivity index (χ1) is 8.51. The van der Waals surface area contributed by atoms with E-state index in [9.17, 15) is 9.59 Å². The molecule has 98 valence electrons. The Balaban J connectivity index is 2.40. The Morgan fingerprint density at radius 3 is 2.28 bits per heavy atom. The summed E-state index contributed by atoms with van der Waals surface area (Å²) in [6, 6.07) is 5.68. The fourth-order valence-electron chi connectivity index (χ4n) is 1.42. The maximum absolute atomic E-state index is 11.3. The standard InChI is InChI=1S/C13H17NO4/c1-9-4-10(2)6-11(5-9)17-8-13(16)18-7-12(15)14-3/h4-6H,7-8H2,1-3H3,(H,14,15). The molecular weight excluding hydrogens is 234 g/mol. The molecule has 0 spiro atoms. The van der Waals surface area contributed by atoms with Crippen LogP contribution in [-0.4, -0.2) is 32.1 Å². The maximum Gasteiger partial charge on any atom is 0.344 e. The van der Waals surface area contributed by atoms with E-state index in [1.165, 1.54) is 7.05 Å². The predicted molar refractivity (Wildman–Crippen MR) is 66.4 cm³/mol. The lowest BCUT2D eigenvalue weighted by atomic mass is 10.1. The third kappa shape index (κ3) is 4.86. The molecule has 0 unspecified atom stereocenters. The number of carbonyl (C=O) groups is 2. The summed E-state index contributed by atoms with van der Waals surface area (Å²) in [5.41, 5.74) is 2.12. The number of amides is 1. The Kier molecular flexibility index (Phi) is 5.17. The highest BCUT2D eigenvalue weighted by atomic mass is 16.6. The van der Waals surface area contributed by atoms with Gasteiger partial charge in [-0.3, -0.25) is 4.79 Å². The van der Waals surface area contributed by atoms with Crippen LogP contribution in [0.3, 0.4) is 0 Å². The fraction of sp³-hybridized carbons (Fsp3) is 0.385. The van der Waals surface area contributed by atoms with Gasteiger partial charge >= 0.3 is 5.97 Å². The number of ether oxygens (including phenoxy) is 2. The van der Waals surface area contributed by atoms with E-state index in [2.05, 4.69) is 5.32 Å². The van der Waals surface area contributed by atoms with Crippen LogP contribution in [0, 0.1) is 13.8 Å². The van der Waals surface area contributed by atoms with Crippen LogP contribution in [0.15, 0.2) is 18.2 Å². The largest absolute Gasteiger partial charge is 0.482 e. The first kappa shape index (κ1) is 14.0. The van der Waals surface area contributed by atoms with Crippen molar-refractivity contribution in [1.82, 2.24) is 5.32 Å². The number of carbonyl (C=O) groups excluding carboxylic acids is 2. The molecule has 18 heavy (non-hydrogen) atoms. The van der Waals surface area contributed by atoms with Gasteiger partial charge in [0.25, 0.3) is 5.91 Å². The second-order valence-corrected chi connectivity index (χ2v) is 3.95. The van der Waals surface area contributed by atoms with E-state index in [0.29, 0.717) is 5.75 Å². The van der Waals surface area contributed by atoms with Crippen LogP contribution in [0.5, 0.6) is 5.75 Å². The number of esters is 1. The van der Waals surface area contributed by atoms with Crippen molar-refractivity contribution in [1.29, 1.82) is 0 Å². The van der Waals surface area contributed by atoms with Gasteiger partial charge in [0.15, 0.2) is 13.2 Å². The quantitative estimate of drug-likeness (QED) is 0.792. The van der Waals surface area contributed by atoms with Crippen molar-refractivity contribution in [3.63, 3.8) is 0 Å². The van der Waals surface area contributed by atoms with E-state index < -0.39 is 5.97 Å². The van der Waals surface area contributed by atoms with Gasteiger partial charge in [0.05, 0.1) is 0 Å². The SMILES string of the molecule is CNC(=O)COC(=O)COc1cc(C)cc(C)c1. The number of rotatable bonds is 5. The second kappa shape index (κ2) is 6.64. The monoisotopic (exact) mass is 251 g/mol. The summed E-state index contributed by atoms with van der Waals surface area (Å²) in [5, 5.41) is 2.35. The Bertz CT molecular complexity index is 422. The number of hydrogen-bond donors (Lipinski definition) is 1. The number of benzene rings is 1. The van der Waals surface area contributed by atoms with Crippen molar-refractivity contribution in [2.24, 2.45) is 0 Å². The van der Waals surface area contributed by atoms with Gasteiger partial charge in [0.1, 0.15) is 5.75 Å². The second-order valence-electron chi connectivity index (χ2n) is 3.95. The van der Waals surface area contributed by atoms with Gasteiger partial charge in [-0.2, -0.15) is 0 Å². The normalized spacial score (nSPS) is 9.72. The maximum atomic E-state index is 11.3. The van der Waals surface area contributed by atoms with Crippen LogP contribution < -0.4 is 10.1 Å². The summed E-state index contributed by atoms with van der Waals surface area (Å²) < 4.78 is 9.99. The molecule has 0 aliphatic carbocycles. The molecule has 1 N–H and O–H groups in total. The molecule has 0 saturated carbocycles. The summed E-state index contributed by atoms with van der Waals surface area (Å²) in [4.78, 5) is 22.1. The lowest BCUT2D eigenvalue weighted by molar-refractivity contribution is -0.150. The third-order valence-corrected chi connectivity index (χ3v) is 2.19. The number of aryl methyl sites for hydroxylation is 2. The minimum absolute atomic E-state index is 0.208. The summed E-state index contributed by atoms with van der Waals surface area (Å²) in [7, 11) is 1.47. The zero-order chi connectivity index (χ0) is 13.5. The van der Waals surface area contributed by atoms with Crippen molar-refractivity contribution < 1.29 is 19.1 Å². The summed E-state index contributed by atoms with van der Waals surface area (Å²) >= 11 is 0. The molecule has 5 heteroatoms. The van der Waals surface area contributed by atoms with E-state index in [1.54, 1.807) is 0 Å². The van der Waals surface area contributed by atoms with Crippen LogP contribution in [-0.2, 0) is 14.3 Å². The molecular formula is C13H17NO4. The molecule has 0 atom stereocenters. The van der Waals surface area contributed by atoms with Gasteiger partial charge in [-0.05, 0) is 37.1 Å². The first-order valence-corrected chi connectivity index (χ1v) is 5.58. The summed E-state index contributed by atoms with van der Waals surface area (Å²) in [5.74, 6) is -0.308. The Morgan fingerprint density at radius 2 is 1.72 bits per heavy atom. The van der Waals surface area contributed by atoms with Gasteiger partial charge in [0, 0.05) is 7.05 Å². The van der Waals surface area contributed by atoms with Gasteiger partial charge in [-0.15, -0.1) is 0 Å². The lowest BCUT2D eigenvalue weighted by Gasteiger charge is -2.08. The fourth-order valence-corrected chi connectivity index (χ4v) is 1.42. The van der Waals surface area contributed by atoms with Crippen molar-refractivity contribution in [3.8, 4) is 5.75 Å². The van der Waals surface area contributed by atoms with Crippen molar-refractivity contribution in [2.45, 2.75) is 13.8 Å². The van der Waals surface area contributed by atoms with Gasteiger partial charge in [-0.1, -0.05) is 6.07 Å². The average molecular weight is 251 g/mol. The molecule has 5 nitrogen and oxygen atoms in total. The van der Waals surface area contributed by atoms with E-state index in [-0.39, 0.29) is 19.1 Å². The van der Waals surface area contributed by atoms with Crippen molar-refractivity contribution in [2.75, 3.05) is 20.3 Å². The van der Waals surface area contributed by atoms with Crippen LogP contribution in [0.2, 0.25) is 0 Å². The van der Waals surface area contributed by atoms with Gasteiger partial charge < -0.3 is 14.8 Å². The van der Waals surface area contributed by atoms with Crippen LogP contribution in [0.25, 0.3) is 0 Å². The highest BCUT2D eigenvalue weighted by Gasteiger charge is 2.07. The van der Waals surface area contributed by atoms with E-state index >= 15 is 0 Å². The Hall–Kier alpha value is -2.04. The highest BCUT2D eigenvalue weighted by molar-refractivity contribution is 5.80. The molecule has 0 aliphatic rings. The predicted octanol–water partition coefficient (Wildman–Crippen LogP) is 0.971. The molecule has 0 aromatic heterocycles. The van der Waals surface area contributed by atoms with Gasteiger partial charge in [0.2, 0.25) is 0 Å². The van der Waals surface area contributed by atoms with Crippen molar-refractivity contribution >= 4 is 11.9 Å². The lowest BCUT2D eigenvalue weighted by Crippen LogP contribution is -2.26. The molecule has 0 fully saturated rings. The van der Waals surface area contributed by atoms with Crippen LogP contribution >= 0.6 is 0 Å².